The third kappa shape index (κ3) is 37.1. The molecule has 3 fully saturated rings. The average Bonchev–Trinajstić information content (AvgIpc) is 0.762. The molecule has 2 heterocycles. The second-order valence-corrected chi connectivity index (χ2v) is 29.0. The minimum absolute atomic E-state index is 0.0311. The summed E-state index contributed by atoms with van der Waals surface area (Å²) in [4.78, 5) is 51.0. The Morgan fingerprint density at radius 1 is 0.423 bits per heavy atom. The second-order valence-electron chi connectivity index (χ2n) is 27.6. The zero-order valence-corrected chi connectivity index (χ0v) is 60.4. The number of aliphatic hydroxyl groups excluding tert-OH is 10. The Morgan fingerprint density at radius 2 is 0.784 bits per heavy atom. The topological polar surface area (TPSA) is 374 Å². The Kier molecular flexibility index (Phi) is 49.0. The lowest BCUT2D eigenvalue weighted by molar-refractivity contribution is -0.360. The van der Waals surface area contributed by atoms with Crippen LogP contribution < -0.4 is 0 Å². The third-order valence-corrected chi connectivity index (χ3v) is 19.9. The molecule has 3 rings (SSSR count). The molecule has 0 radical (unpaired) electrons. The summed E-state index contributed by atoms with van der Waals surface area (Å²) in [6, 6.07) is 0. The van der Waals surface area contributed by atoms with Gasteiger partial charge in [0, 0.05) is 19.3 Å². The Bertz CT molecular complexity index is 2080. The largest absolute Gasteiger partial charge is 0.472 e. The maximum Gasteiger partial charge on any atom is 0.472 e. The predicted molar refractivity (Wildman–Crippen MR) is 365 cm³/mol. The molecule has 0 aromatic rings. The Balaban J connectivity index is 1.75. The smallest absolute Gasteiger partial charge is 0.463 e. The van der Waals surface area contributed by atoms with Crippen molar-refractivity contribution in [1.82, 2.24) is 0 Å². The van der Waals surface area contributed by atoms with E-state index in [1.807, 2.05) is 0 Å². The Hall–Kier alpha value is -2.30. The highest BCUT2D eigenvalue weighted by molar-refractivity contribution is 7.47. The van der Waals surface area contributed by atoms with E-state index in [1.54, 1.807) is 0 Å². The summed E-state index contributed by atoms with van der Waals surface area (Å²) in [5.74, 6) is -1.31. The van der Waals surface area contributed by atoms with Gasteiger partial charge in [0.1, 0.15) is 98.7 Å². The average molecular weight is 1410 g/mol. The number of carbonyl (C=O) groups is 3. The molecule has 19 atom stereocenters. The van der Waals surface area contributed by atoms with Crippen LogP contribution >= 0.6 is 7.82 Å². The Labute approximate surface area is 580 Å². The summed E-state index contributed by atoms with van der Waals surface area (Å²) in [5.41, 5.74) is 0. The fraction of sp³-hybridized carbons (Fsp3) is 0.931. The molecular formula is C72H133O24P. The van der Waals surface area contributed by atoms with Gasteiger partial charge in [0.25, 0.3) is 0 Å². The Morgan fingerprint density at radius 3 is 1.23 bits per heavy atom. The molecule has 1 saturated carbocycles. The fourth-order valence-electron chi connectivity index (χ4n) is 12.6. The molecule has 2 saturated heterocycles. The molecule has 97 heavy (non-hydrogen) atoms. The summed E-state index contributed by atoms with van der Waals surface area (Å²) in [7, 11) is -5.70. The number of aliphatic hydroxyl groups is 10. The van der Waals surface area contributed by atoms with Crippen molar-refractivity contribution < 1.29 is 117 Å². The number of esters is 3. The lowest BCUT2D eigenvalue weighted by Crippen LogP contribution is -2.69. The van der Waals surface area contributed by atoms with Crippen molar-refractivity contribution in [3.63, 3.8) is 0 Å². The van der Waals surface area contributed by atoms with Crippen LogP contribution in [-0.4, -0.2) is 204 Å². The van der Waals surface area contributed by atoms with Crippen LogP contribution in [0.5, 0.6) is 0 Å². The minimum Gasteiger partial charge on any atom is -0.463 e. The van der Waals surface area contributed by atoms with Gasteiger partial charge < -0.3 is 89.1 Å². The molecular weight excluding hydrogens is 1280 g/mol. The van der Waals surface area contributed by atoms with Crippen LogP contribution in [0.15, 0.2) is 12.2 Å². The van der Waals surface area contributed by atoms with E-state index in [2.05, 4.69) is 39.8 Å². The summed E-state index contributed by atoms with van der Waals surface area (Å²) >= 11 is 0. The summed E-state index contributed by atoms with van der Waals surface area (Å²) < 4.78 is 65.0. The molecule has 11 N–H and O–H groups in total. The first kappa shape index (κ1) is 88.9. The van der Waals surface area contributed by atoms with Gasteiger partial charge in [-0.15, -0.1) is 0 Å². The van der Waals surface area contributed by atoms with Crippen LogP contribution in [0, 0.1) is 5.92 Å². The van der Waals surface area contributed by atoms with E-state index in [-0.39, 0.29) is 19.3 Å². The van der Waals surface area contributed by atoms with Crippen LogP contribution in [0.1, 0.15) is 291 Å². The molecule has 2 aliphatic heterocycles. The van der Waals surface area contributed by atoms with Crippen molar-refractivity contribution in [3.8, 4) is 0 Å². The molecule has 3 aliphatic rings. The van der Waals surface area contributed by atoms with Crippen LogP contribution in [0.4, 0.5) is 0 Å². The van der Waals surface area contributed by atoms with Crippen molar-refractivity contribution in [2.24, 2.45) is 5.92 Å². The van der Waals surface area contributed by atoms with Gasteiger partial charge in [-0.1, -0.05) is 239 Å². The SMILES string of the molecule is CCCCCC/C=C\CCCCCCCCCC(=O)OCC(COP(=O)(O)OC1C(OC2OC(CO)C(O)C(O)C2O)C(O)C(O)C(O)C1OC1OC(COC(=O)CCCCCCCCCCCCC)C(O)C(O)C1O)OC(=O)CCCCCCCCC(C)CCCCCCCC. The highest BCUT2D eigenvalue weighted by Gasteiger charge is 2.58. The second kappa shape index (κ2) is 53.5. The van der Waals surface area contributed by atoms with Gasteiger partial charge in [0.15, 0.2) is 18.7 Å². The normalized spacial score (nSPS) is 28.2. The number of unbranched alkanes of at least 4 members (excludes halogenated alkanes) is 31. The minimum atomic E-state index is -5.70. The lowest BCUT2D eigenvalue weighted by atomic mass is 9.84. The quantitative estimate of drug-likeness (QED) is 0.00886. The number of rotatable bonds is 58. The number of phosphoric acid groups is 1. The van der Waals surface area contributed by atoms with Crippen LogP contribution in [0.3, 0.4) is 0 Å². The maximum absolute atomic E-state index is 14.3. The monoisotopic (exact) mass is 1410 g/mol. The highest BCUT2D eigenvalue weighted by Crippen LogP contribution is 2.49. The van der Waals surface area contributed by atoms with Crippen LogP contribution in [0.2, 0.25) is 0 Å². The van der Waals surface area contributed by atoms with Gasteiger partial charge in [0.2, 0.25) is 0 Å². The van der Waals surface area contributed by atoms with E-state index < -0.39 is 156 Å². The van der Waals surface area contributed by atoms with Crippen molar-refractivity contribution in [2.45, 2.75) is 395 Å². The molecule has 0 spiro atoms. The number of allylic oxidation sites excluding steroid dienone is 2. The molecule has 24 nitrogen and oxygen atoms in total. The number of ether oxygens (including phenoxy) is 7. The molecule has 0 amide bonds. The zero-order chi connectivity index (χ0) is 71.2. The highest BCUT2D eigenvalue weighted by atomic mass is 31.2. The maximum atomic E-state index is 14.3. The molecule has 0 bridgehead atoms. The molecule has 0 aromatic heterocycles. The van der Waals surface area contributed by atoms with E-state index in [9.17, 15) is 74.9 Å². The summed E-state index contributed by atoms with van der Waals surface area (Å²) in [6.07, 6.45) is 10.0. The summed E-state index contributed by atoms with van der Waals surface area (Å²) in [5, 5.41) is 110. The van der Waals surface area contributed by atoms with Crippen molar-refractivity contribution in [2.75, 3.05) is 26.4 Å². The van der Waals surface area contributed by atoms with Crippen molar-refractivity contribution in [3.05, 3.63) is 12.2 Å². The van der Waals surface area contributed by atoms with Gasteiger partial charge in [-0.3, -0.25) is 23.4 Å². The first-order valence-corrected chi connectivity index (χ1v) is 39.4. The molecule has 1 aliphatic carbocycles. The van der Waals surface area contributed by atoms with E-state index in [4.69, 9.17) is 42.2 Å². The van der Waals surface area contributed by atoms with Gasteiger partial charge in [-0.05, 0) is 50.9 Å². The summed E-state index contributed by atoms with van der Waals surface area (Å²) in [6.45, 7) is 5.74. The van der Waals surface area contributed by atoms with E-state index >= 15 is 0 Å². The van der Waals surface area contributed by atoms with Gasteiger partial charge in [-0.2, -0.15) is 0 Å². The molecule has 25 heteroatoms. The molecule has 570 valence electrons. The van der Waals surface area contributed by atoms with Gasteiger partial charge in [0.05, 0.1) is 13.2 Å². The predicted octanol–water partition coefficient (Wildman–Crippen LogP) is 10.2. The number of hydrogen-bond acceptors (Lipinski definition) is 23. The van der Waals surface area contributed by atoms with E-state index in [0.717, 1.165) is 116 Å². The van der Waals surface area contributed by atoms with E-state index in [1.165, 1.54) is 109 Å². The van der Waals surface area contributed by atoms with E-state index in [0.29, 0.717) is 25.2 Å². The standard InChI is InChI=1S/C72H133O24P/c1-5-8-11-14-17-19-21-22-23-24-26-28-29-35-40-45-56(74)88-49-53(91-58(76)47-42-37-32-31-34-39-44-52(4)43-38-33-16-13-10-7-3)50-90-97(86,87)96-70-68(94-71-66(84)61(79)59(77)54(48-73)92-71)64(82)63(81)65(83)69(70)95-72-67(85)62(80)60(78)55(93-72)51-89-57(75)46-41-36-30-27-25-20-18-15-12-9-6-2/h19,21,52-55,59-73,77-85H,5-18,20,22-51H2,1-4H3,(H,86,87)/b21-19-. The number of hydrogen-bond donors (Lipinski definition) is 11. The van der Waals surface area contributed by atoms with Gasteiger partial charge >= 0.3 is 25.7 Å². The first-order valence-electron chi connectivity index (χ1n) is 37.9. The van der Waals surface area contributed by atoms with Crippen molar-refractivity contribution in [1.29, 1.82) is 0 Å². The first-order chi connectivity index (χ1) is 46.7. The molecule has 19 unspecified atom stereocenters. The molecule has 0 aromatic carbocycles. The zero-order valence-electron chi connectivity index (χ0n) is 59.5. The fourth-order valence-corrected chi connectivity index (χ4v) is 13.6. The van der Waals surface area contributed by atoms with Crippen LogP contribution in [-0.2, 0) is 61.2 Å². The lowest BCUT2D eigenvalue weighted by Gasteiger charge is -2.49. The number of carbonyl (C=O) groups excluding carboxylic acids is 3. The number of phosphoric ester groups is 1. The third-order valence-electron chi connectivity index (χ3n) is 18.9. The van der Waals surface area contributed by atoms with Gasteiger partial charge in [-0.25, -0.2) is 4.57 Å². The van der Waals surface area contributed by atoms with Crippen molar-refractivity contribution >= 4 is 25.7 Å². The van der Waals surface area contributed by atoms with Crippen LogP contribution in [0.25, 0.3) is 0 Å².